The van der Waals surface area contributed by atoms with Crippen LogP contribution in [0.5, 0.6) is 11.5 Å². The van der Waals surface area contributed by atoms with Crippen molar-refractivity contribution in [1.29, 1.82) is 0 Å². The minimum atomic E-state index is -2.99. The van der Waals surface area contributed by atoms with Crippen LogP contribution in [0.15, 0.2) is 78.9 Å². The maximum atomic E-state index is 13.4. The van der Waals surface area contributed by atoms with E-state index in [0.29, 0.717) is 28.6 Å². The number of carbonyl (C=O) groups is 1. The second-order valence-electron chi connectivity index (χ2n) is 7.62. The molecule has 0 bridgehead atoms. The predicted octanol–water partition coefficient (Wildman–Crippen LogP) is 7.05. The zero-order valence-corrected chi connectivity index (χ0v) is 20.9. The van der Waals surface area contributed by atoms with Gasteiger partial charge in [-0.1, -0.05) is 41.3 Å². The molecule has 0 aliphatic heterocycles. The van der Waals surface area contributed by atoms with Crippen LogP contribution in [-0.4, -0.2) is 10.9 Å². The van der Waals surface area contributed by atoms with E-state index in [9.17, 15) is 13.6 Å². The normalized spacial score (nSPS) is 11.8. The van der Waals surface area contributed by atoms with E-state index in [0.717, 1.165) is 10.8 Å². The van der Waals surface area contributed by atoms with Crippen molar-refractivity contribution in [3.05, 3.63) is 95.7 Å². The van der Waals surface area contributed by atoms with E-state index in [-0.39, 0.29) is 17.5 Å². The van der Waals surface area contributed by atoms with Crippen molar-refractivity contribution >= 4 is 31.7 Å². The summed E-state index contributed by atoms with van der Waals surface area (Å²) < 4.78 is 32.7. The van der Waals surface area contributed by atoms with E-state index in [1.165, 1.54) is 33.5 Å². The number of nitrogens with one attached hydrogen (secondary N) is 1. The SMILES string of the molecule is CC.CC(NC(=O)c1ccc2c(Oc3ccc(C(F)(F)P)cc3)cccc2c1)c1cccc(N)n1. The van der Waals surface area contributed by atoms with Crippen molar-refractivity contribution in [1.82, 2.24) is 10.3 Å². The van der Waals surface area contributed by atoms with E-state index >= 15 is 0 Å². The van der Waals surface area contributed by atoms with Crippen molar-refractivity contribution in [3.8, 4) is 11.5 Å². The molecule has 1 amide bonds. The highest BCUT2D eigenvalue weighted by Crippen LogP contribution is 2.36. The van der Waals surface area contributed by atoms with Gasteiger partial charge >= 0.3 is 0 Å². The molecule has 2 atom stereocenters. The Morgan fingerprint density at radius 1 is 1.03 bits per heavy atom. The predicted molar refractivity (Wildman–Crippen MR) is 140 cm³/mol. The van der Waals surface area contributed by atoms with E-state index < -0.39 is 5.66 Å². The minimum absolute atomic E-state index is 0.115. The third-order valence-corrected chi connectivity index (χ3v) is 5.49. The number of anilines is 1. The molecule has 35 heavy (non-hydrogen) atoms. The van der Waals surface area contributed by atoms with Crippen molar-refractivity contribution in [3.63, 3.8) is 0 Å². The molecule has 0 aliphatic carbocycles. The molecule has 8 heteroatoms. The topological polar surface area (TPSA) is 77.2 Å². The molecule has 0 saturated carbocycles. The zero-order chi connectivity index (χ0) is 25.6. The summed E-state index contributed by atoms with van der Waals surface area (Å²) in [5, 5.41) is 4.53. The first-order valence-corrected chi connectivity index (χ1v) is 11.8. The molecule has 182 valence electrons. The summed E-state index contributed by atoms with van der Waals surface area (Å²) in [4.78, 5) is 17.0. The number of nitrogen functional groups attached to an aromatic ring is 1. The molecule has 0 aliphatic rings. The fraction of sp³-hybridized carbons (Fsp3) is 0.185. The quantitative estimate of drug-likeness (QED) is 0.281. The Labute approximate surface area is 205 Å². The lowest BCUT2D eigenvalue weighted by molar-refractivity contribution is 0.0938. The number of nitrogens with zero attached hydrogens (tertiary/aromatic N) is 1. The second-order valence-corrected chi connectivity index (χ2v) is 8.35. The van der Waals surface area contributed by atoms with Gasteiger partial charge in [0.15, 0.2) is 0 Å². The lowest BCUT2D eigenvalue weighted by Crippen LogP contribution is -2.27. The van der Waals surface area contributed by atoms with E-state index in [1.54, 1.807) is 42.5 Å². The van der Waals surface area contributed by atoms with Gasteiger partial charge in [0.25, 0.3) is 11.6 Å². The number of halogens is 2. The molecule has 0 fully saturated rings. The van der Waals surface area contributed by atoms with Gasteiger partial charge < -0.3 is 15.8 Å². The minimum Gasteiger partial charge on any atom is -0.457 e. The second kappa shape index (κ2) is 11.2. The van der Waals surface area contributed by atoms with Crippen molar-refractivity contribution in [2.45, 2.75) is 32.5 Å². The highest BCUT2D eigenvalue weighted by atomic mass is 31.0. The Hall–Kier alpha value is -3.57. The number of aromatic nitrogens is 1. The molecule has 4 aromatic rings. The summed E-state index contributed by atoms with van der Waals surface area (Å²) in [5.74, 6) is 1.14. The highest BCUT2D eigenvalue weighted by Gasteiger charge is 2.24. The van der Waals surface area contributed by atoms with Gasteiger partial charge in [0.1, 0.15) is 17.3 Å². The first kappa shape index (κ1) is 26.0. The number of rotatable bonds is 6. The van der Waals surface area contributed by atoms with Gasteiger partial charge in [-0.25, -0.2) is 4.98 Å². The Bertz CT molecular complexity index is 1310. The number of benzene rings is 3. The lowest BCUT2D eigenvalue weighted by Gasteiger charge is -2.15. The van der Waals surface area contributed by atoms with E-state index in [2.05, 4.69) is 10.3 Å². The number of nitrogens with two attached hydrogens (primary N) is 1. The molecule has 1 aromatic heterocycles. The average Bonchev–Trinajstić information content (AvgIpc) is 2.85. The van der Waals surface area contributed by atoms with Crippen LogP contribution in [-0.2, 0) is 5.66 Å². The summed E-state index contributed by atoms with van der Waals surface area (Å²) in [6.45, 7) is 5.84. The number of pyridine rings is 1. The molecule has 0 saturated heterocycles. The number of alkyl halides is 2. The monoisotopic (exact) mass is 495 g/mol. The van der Waals surface area contributed by atoms with Gasteiger partial charge in [0.2, 0.25) is 0 Å². The fourth-order valence-electron chi connectivity index (χ4n) is 3.42. The van der Waals surface area contributed by atoms with Gasteiger partial charge in [0, 0.05) is 16.5 Å². The molecule has 3 aromatic carbocycles. The summed E-state index contributed by atoms with van der Waals surface area (Å²) >= 11 is 0. The number of amides is 1. The maximum Gasteiger partial charge on any atom is 0.283 e. The Morgan fingerprint density at radius 2 is 1.71 bits per heavy atom. The van der Waals surface area contributed by atoms with Crippen molar-refractivity contribution in [2.75, 3.05) is 5.73 Å². The highest BCUT2D eigenvalue weighted by molar-refractivity contribution is 7.17. The molecule has 2 unspecified atom stereocenters. The van der Waals surface area contributed by atoms with Crippen molar-refractivity contribution < 1.29 is 18.3 Å². The van der Waals surface area contributed by atoms with Gasteiger partial charge in [0.05, 0.1) is 11.7 Å². The van der Waals surface area contributed by atoms with Crippen LogP contribution in [0.25, 0.3) is 10.8 Å². The molecular formula is C27H28F2N3O2P. The standard InChI is InChI=1S/C25H22F2N3O2P.C2H6/c1-15(21-5-3-7-23(28)30-21)29-24(31)17-8-13-20-16(14-17)4-2-6-22(20)32-19-11-9-18(10-12-19)25(26,27)33;1-2/h2-15H,33H2,1H3,(H2,28,30)(H,29,31);1-2H3. The van der Waals surface area contributed by atoms with Gasteiger partial charge in [-0.15, -0.1) is 0 Å². The number of carbonyl (C=O) groups excluding carboxylic acids is 1. The number of hydrogen-bond acceptors (Lipinski definition) is 4. The molecule has 0 spiro atoms. The Kier molecular flexibility index (Phi) is 8.36. The summed E-state index contributed by atoms with van der Waals surface area (Å²) in [6, 6.07) is 21.4. The number of fused-ring (bicyclic) bond motifs is 1. The molecule has 4 rings (SSSR count). The largest absolute Gasteiger partial charge is 0.457 e. The van der Waals surface area contributed by atoms with Crippen LogP contribution in [0.3, 0.4) is 0 Å². The molecular weight excluding hydrogens is 467 g/mol. The van der Waals surface area contributed by atoms with Gasteiger partial charge in [-0.3, -0.25) is 4.79 Å². The Morgan fingerprint density at radius 3 is 2.37 bits per heavy atom. The first-order chi connectivity index (χ1) is 16.7. The molecule has 1 heterocycles. The van der Waals surface area contributed by atoms with Crippen LogP contribution in [0.1, 0.15) is 48.4 Å². The lowest BCUT2D eigenvalue weighted by atomic mass is 10.1. The van der Waals surface area contributed by atoms with E-state index in [4.69, 9.17) is 10.5 Å². The Balaban J connectivity index is 0.00000167. The van der Waals surface area contributed by atoms with Crippen LogP contribution in [0.2, 0.25) is 0 Å². The van der Waals surface area contributed by atoms with Crippen molar-refractivity contribution in [2.24, 2.45) is 0 Å². The smallest absolute Gasteiger partial charge is 0.283 e. The number of ether oxygens (including phenoxy) is 1. The molecule has 0 radical (unpaired) electrons. The van der Waals surface area contributed by atoms with Gasteiger partial charge in [-0.2, -0.15) is 8.78 Å². The molecule has 3 N–H and O–H groups in total. The van der Waals surface area contributed by atoms with Crippen LogP contribution in [0.4, 0.5) is 14.6 Å². The summed E-state index contributed by atoms with van der Waals surface area (Å²) in [5.41, 5.74) is 3.78. The first-order valence-electron chi connectivity index (χ1n) is 11.2. The maximum absolute atomic E-state index is 13.4. The van der Waals surface area contributed by atoms with E-state index in [1.807, 2.05) is 32.9 Å². The summed E-state index contributed by atoms with van der Waals surface area (Å²) in [7, 11) is 1.52. The molecule has 5 nitrogen and oxygen atoms in total. The zero-order valence-electron chi connectivity index (χ0n) is 19.8. The number of hydrogen-bond donors (Lipinski definition) is 2. The third kappa shape index (κ3) is 6.52. The summed E-state index contributed by atoms with van der Waals surface area (Å²) in [6.07, 6.45) is 0. The average molecular weight is 496 g/mol. The van der Waals surface area contributed by atoms with Crippen LogP contribution < -0.4 is 15.8 Å². The van der Waals surface area contributed by atoms with Crippen LogP contribution >= 0.6 is 9.24 Å². The van der Waals surface area contributed by atoms with Crippen LogP contribution in [0, 0.1) is 0 Å². The van der Waals surface area contributed by atoms with Gasteiger partial charge in [-0.05, 0) is 73.0 Å². The third-order valence-electron chi connectivity index (χ3n) is 5.15. The fourth-order valence-corrected chi connectivity index (χ4v) is 3.61.